The van der Waals surface area contributed by atoms with Crippen molar-refractivity contribution in [2.45, 2.75) is 18.4 Å². The third-order valence-corrected chi connectivity index (χ3v) is 5.76. The van der Waals surface area contributed by atoms with E-state index < -0.39 is 5.60 Å². The second kappa shape index (κ2) is 7.07. The molecule has 1 fully saturated rings. The van der Waals surface area contributed by atoms with Gasteiger partial charge < -0.3 is 20.3 Å². The standard InChI is InChI=1S/C22H21FN6O/c23-16-3-1-15(2-4-16)22(30)8-13-28(14-9-22)21-26-19(24)18-7-12-29(20(18)27-21)17-5-10-25-11-6-17/h1-7,10-12,30H,8-9,13-14H2,(H2,24,26,27). The second-order valence-corrected chi connectivity index (χ2v) is 7.56. The number of anilines is 2. The number of nitrogens with zero attached hydrogens (tertiary/aromatic N) is 5. The van der Waals surface area contributed by atoms with Gasteiger partial charge in [0.25, 0.3) is 0 Å². The van der Waals surface area contributed by atoms with Gasteiger partial charge in [-0.25, -0.2) is 4.39 Å². The SMILES string of the molecule is Nc1nc(N2CCC(O)(c3ccc(F)cc3)CC2)nc2c1ccn2-c1ccncc1. The lowest BCUT2D eigenvalue weighted by atomic mass is 9.84. The number of halogens is 1. The quantitative estimate of drug-likeness (QED) is 0.545. The summed E-state index contributed by atoms with van der Waals surface area (Å²) in [5.41, 5.74) is 7.63. The smallest absolute Gasteiger partial charge is 0.229 e. The number of aliphatic hydroxyl groups is 1. The Morgan fingerprint density at radius 2 is 1.67 bits per heavy atom. The minimum absolute atomic E-state index is 0.311. The van der Waals surface area contributed by atoms with Crippen molar-refractivity contribution in [3.8, 4) is 5.69 Å². The van der Waals surface area contributed by atoms with Crippen LogP contribution in [0.5, 0.6) is 0 Å². The fraction of sp³-hybridized carbons (Fsp3) is 0.227. The van der Waals surface area contributed by atoms with E-state index in [1.165, 1.54) is 12.1 Å². The average molecular weight is 404 g/mol. The maximum atomic E-state index is 13.2. The lowest BCUT2D eigenvalue weighted by Crippen LogP contribution is -2.43. The monoisotopic (exact) mass is 404 g/mol. The van der Waals surface area contributed by atoms with E-state index in [0.717, 1.165) is 22.3 Å². The molecule has 30 heavy (non-hydrogen) atoms. The summed E-state index contributed by atoms with van der Waals surface area (Å²) in [6.07, 6.45) is 6.36. The summed E-state index contributed by atoms with van der Waals surface area (Å²) in [7, 11) is 0. The van der Waals surface area contributed by atoms with Crippen molar-refractivity contribution < 1.29 is 9.50 Å². The van der Waals surface area contributed by atoms with E-state index in [-0.39, 0.29) is 5.82 Å². The molecular formula is C22H21FN6O. The van der Waals surface area contributed by atoms with Crippen LogP contribution in [0.1, 0.15) is 18.4 Å². The Hall–Kier alpha value is -3.52. The lowest BCUT2D eigenvalue weighted by Gasteiger charge is -2.38. The highest BCUT2D eigenvalue weighted by molar-refractivity contribution is 5.88. The zero-order valence-electron chi connectivity index (χ0n) is 16.2. The Morgan fingerprint density at radius 3 is 2.37 bits per heavy atom. The van der Waals surface area contributed by atoms with Crippen LogP contribution in [0.15, 0.2) is 61.1 Å². The van der Waals surface area contributed by atoms with Crippen molar-refractivity contribution >= 4 is 22.8 Å². The van der Waals surface area contributed by atoms with Gasteiger partial charge in [-0.1, -0.05) is 12.1 Å². The molecule has 0 atom stereocenters. The van der Waals surface area contributed by atoms with Crippen molar-refractivity contribution in [2.24, 2.45) is 0 Å². The van der Waals surface area contributed by atoms with E-state index in [9.17, 15) is 9.50 Å². The fourth-order valence-corrected chi connectivity index (χ4v) is 4.01. The highest BCUT2D eigenvalue weighted by atomic mass is 19.1. The van der Waals surface area contributed by atoms with Crippen LogP contribution >= 0.6 is 0 Å². The third kappa shape index (κ3) is 3.15. The molecule has 1 aromatic carbocycles. The van der Waals surface area contributed by atoms with Gasteiger partial charge in [0, 0.05) is 31.7 Å². The Labute approximate surface area is 172 Å². The van der Waals surface area contributed by atoms with Gasteiger partial charge in [-0.3, -0.25) is 4.98 Å². The molecule has 1 aliphatic rings. The molecular weight excluding hydrogens is 383 g/mol. The lowest BCUT2D eigenvalue weighted by molar-refractivity contribution is 0.0115. The van der Waals surface area contributed by atoms with Crippen molar-refractivity contribution in [1.29, 1.82) is 0 Å². The molecule has 152 valence electrons. The normalized spacial score (nSPS) is 16.1. The van der Waals surface area contributed by atoms with Crippen LogP contribution in [-0.4, -0.2) is 37.7 Å². The van der Waals surface area contributed by atoms with E-state index in [2.05, 4.69) is 9.97 Å². The molecule has 0 unspecified atom stereocenters. The molecule has 4 aromatic rings. The number of pyridine rings is 1. The Kier molecular flexibility index (Phi) is 4.36. The first-order valence-corrected chi connectivity index (χ1v) is 9.82. The highest BCUT2D eigenvalue weighted by Crippen LogP contribution is 2.34. The molecule has 0 saturated carbocycles. The van der Waals surface area contributed by atoms with Crippen molar-refractivity contribution in [1.82, 2.24) is 19.5 Å². The Bertz CT molecular complexity index is 1180. The van der Waals surface area contributed by atoms with Crippen LogP contribution in [0.2, 0.25) is 0 Å². The summed E-state index contributed by atoms with van der Waals surface area (Å²) in [6, 6.07) is 11.8. The molecule has 0 amide bonds. The molecule has 1 aliphatic heterocycles. The predicted molar refractivity (Wildman–Crippen MR) is 113 cm³/mol. The van der Waals surface area contributed by atoms with E-state index in [0.29, 0.717) is 37.7 Å². The number of fused-ring (bicyclic) bond motifs is 1. The van der Waals surface area contributed by atoms with Crippen LogP contribution in [0, 0.1) is 5.82 Å². The predicted octanol–water partition coefficient (Wildman–Crippen LogP) is 3.02. The first kappa shape index (κ1) is 18.5. The number of piperidine rings is 1. The number of nitrogen functional groups attached to an aromatic ring is 1. The molecule has 0 spiro atoms. The topological polar surface area (TPSA) is 93.1 Å². The van der Waals surface area contributed by atoms with E-state index in [1.54, 1.807) is 24.5 Å². The molecule has 7 nitrogen and oxygen atoms in total. The molecule has 0 bridgehead atoms. The van der Waals surface area contributed by atoms with Gasteiger partial charge in [0.1, 0.15) is 11.6 Å². The maximum Gasteiger partial charge on any atom is 0.229 e. The molecule has 8 heteroatoms. The summed E-state index contributed by atoms with van der Waals surface area (Å²) in [5.74, 6) is 0.645. The first-order valence-electron chi connectivity index (χ1n) is 9.82. The van der Waals surface area contributed by atoms with Gasteiger partial charge in [0.05, 0.1) is 16.7 Å². The molecule has 4 heterocycles. The summed E-state index contributed by atoms with van der Waals surface area (Å²) >= 11 is 0. The summed E-state index contributed by atoms with van der Waals surface area (Å²) < 4.78 is 15.2. The zero-order chi connectivity index (χ0) is 20.7. The zero-order valence-corrected chi connectivity index (χ0v) is 16.2. The average Bonchev–Trinajstić information content (AvgIpc) is 3.20. The summed E-state index contributed by atoms with van der Waals surface area (Å²) in [4.78, 5) is 15.4. The highest BCUT2D eigenvalue weighted by Gasteiger charge is 2.35. The van der Waals surface area contributed by atoms with Crippen molar-refractivity contribution in [3.05, 3.63) is 72.4 Å². The number of aromatic nitrogens is 4. The first-order chi connectivity index (χ1) is 14.5. The molecule has 0 radical (unpaired) electrons. The Morgan fingerprint density at radius 1 is 0.967 bits per heavy atom. The number of benzene rings is 1. The third-order valence-electron chi connectivity index (χ3n) is 5.76. The van der Waals surface area contributed by atoms with E-state index >= 15 is 0 Å². The number of nitrogens with two attached hydrogens (primary N) is 1. The van der Waals surface area contributed by atoms with Crippen molar-refractivity contribution in [2.75, 3.05) is 23.7 Å². The van der Waals surface area contributed by atoms with Gasteiger partial charge in [-0.15, -0.1) is 0 Å². The van der Waals surface area contributed by atoms with Crippen LogP contribution < -0.4 is 10.6 Å². The molecule has 3 aromatic heterocycles. The number of hydrogen-bond acceptors (Lipinski definition) is 6. The summed E-state index contributed by atoms with van der Waals surface area (Å²) in [6.45, 7) is 1.13. The van der Waals surface area contributed by atoms with Gasteiger partial charge in [0.2, 0.25) is 5.95 Å². The summed E-state index contributed by atoms with van der Waals surface area (Å²) in [5, 5.41) is 11.8. The molecule has 5 rings (SSSR count). The number of rotatable bonds is 3. The molecule has 1 saturated heterocycles. The maximum absolute atomic E-state index is 13.2. The fourth-order valence-electron chi connectivity index (χ4n) is 4.01. The van der Waals surface area contributed by atoms with Gasteiger partial charge >= 0.3 is 0 Å². The van der Waals surface area contributed by atoms with Gasteiger partial charge in [-0.2, -0.15) is 9.97 Å². The van der Waals surface area contributed by atoms with Crippen LogP contribution in [-0.2, 0) is 5.60 Å². The van der Waals surface area contributed by atoms with E-state index in [4.69, 9.17) is 10.7 Å². The minimum atomic E-state index is -0.989. The van der Waals surface area contributed by atoms with Crippen LogP contribution in [0.3, 0.4) is 0 Å². The largest absolute Gasteiger partial charge is 0.385 e. The van der Waals surface area contributed by atoms with E-state index in [1.807, 2.05) is 33.9 Å². The van der Waals surface area contributed by atoms with Gasteiger partial charge in [-0.05, 0) is 48.7 Å². The Balaban J connectivity index is 1.44. The second-order valence-electron chi connectivity index (χ2n) is 7.56. The number of hydrogen-bond donors (Lipinski definition) is 2. The minimum Gasteiger partial charge on any atom is -0.385 e. The van der Waals surface area contributed by atoms with Crippen molar-refractivity contribution in [3.63, 3.8) is 0 Å². The van der Waals surface area contributed by atoms with Crippen LogP contribution in [0.25, 0.3) is 16.7 Å². The molecule has 3 N–H and O–H groups in total. The molecule has 0 aliphatic carbocycles. The van der Waals surface area contributed by atoms with Gasteiger partial charge in [0.15, 0.2) is 5.65 Å². The van der Waals surface area contributed by atoms with Crippen LogP contribution in [0.4, 0.5) is 16.2 Å².